The van der Waals surface area contributed by atoms with Gasteiger partial charge in [-0.3, -0.25) is 0 Å². The number of ether oxygens (including phenoxy) is 3. The molecule has 0 saturated heterocycles. The number of rotatable bonds is 7. The monoisotopic (exact) mass is 398 g/mol. The lowest BCUT2D eigenvalue weighted by Crippen LogP contribution is -2.58. The van der Waals surface area contributed by atoms with Gasteiger partial charge in [-0.2, -0.15) is 44.3 Å². The van der Waals surface area contributed by atoms with Crippen LogP contribution in [0.5, 0.6) is 0 Å². The van der Waals surface area contributed by atoms with E-state index >= 15 is 0 Å². The van der Waals surface area contributed by atoms with Gasteiger partial charge in [-0.1, -0.05) is 0 Å². The summed E-state index contributed by atoms with van der Waals surface area (Å²) in [5.74, 6) is -7.36. The molecular formula is C7F14O3. The van der Waals surface area contributed by atoms with Crippen LogP contribution in [0.15, 0.2) is 12.1 Å². The van der Waals surface area contributed by atoms with Crippen LogP contribution >= 0.6 is 0 Å². The molecule has 0 aromatic rings. The van der Waals surface area contributed by atoms with Gasteiger partial charge in [0.1, 0.15) is 0 Å². The maximum atomic E-state index is 12.7. The molecule has 0 aromatic carbocycles. The molecule has 0 amide bonds. The van der Waals surface area contributed by atoms with Crippen molar-refractivity contribution in [1.29, 1.82) is 0 Å². The van der Waals surface area contributed by atoms with Gasteiger partial charge in [-0.05, 0) is 0 Å². The van der Waals surface area contributed by atoms with E-state index in [1.54, 1.807) is 4.74 Å². The summed E-state index contributed by atoms with van der Waals surface area (Å²) in [5, 5.41) is 0. The van der Waals surface area contributed by atoms with Crippen molar-refractivity contribution in [2.75, 3.05) is 0 Å². The summed E-state index contributed by atoms with van der Waals surface area (Å²) in [6.45, 7) is 0. The summed E-state index contributed by atoms with van der Waals surface area (Å²) in [6.07, 6.45) is -31.1. The van der Waals surface area contributed by atoms with Crippen molar-refractivity contribution in [2.24, 2.45) is 0 Å². The van der Waals surface area contributed by atoms with Crippen molar-refractivity contribution in [2.45, 2.75) is 30.8 Å². The quantitative estimate of drug-likeness (QED) is 0.345. The molecule has 0 fully saturated rings. The Labute approximate surface area is 120 Å². The molecule has 0 saturated carbocycles. The topological polar surface area (TPSA) is 27.7 Å². The van der Waals surface area contributed by atoms with Crippen molar-refractivity contribution in [3.63, 3.8) is 0 Å². The molecule has 0 heterocycles. The summed E-state index contributed by atoms with van der Waals surface area (Å²) >= 11 is 0. The number of halogens is 14. The molecule has 0 aliphatic heterocycles. The predicted molar refractivity (Wildman–Crippen MR) is 39.4 cm³/mol. The molecule has 0 N–H and O–H groups in total. The fraction of sp³-hybridized carbons (Fsp3) is 0.714. The van der Waals surface area contributed by atoms with Crippen molar-refractivity contribution < 1.29 is 75.7 Å². The van der Waals surface area contributed by atoms with E-state index in [-0.39, 0.29) is 0 Å². The van der Waals surface area contributed by atoms with Crippen LogP contribution in [0.2, 0.25) is 0 Å². The normalized spacial score (nSPS) is 14.6. The Hall–Kier alpha value is -1.52. The van der Waals surface area contributed by atoms with Crippen LogP contribution in [-0.4, -0.2) is 30.8 Å². The second-order valence-corrected chi connectivity index (χ2v) is 3.36. The van der Waals surface area contributed by atoms with Gasteiger partial charge >= 0.3 is 42.9 Å². The summed E-state index contributed by atoms with van der Waals surface area (Å²) in [7, 11) is 0. The highest BCUT2D eigenvalue weighted by molar-refractivity contribution is 4.91. The number of alkyl halides is 11. The Morgan fingerprint density at radius 2 is 1.00 bits per heavy atom. The van der Waals surface area contributed by atoms with E-state index in [1.165, 1.54) is 4.74 Å². The maximum absolute atomic E-state index is 12.7. The largest absolute Gasteiger partial charge is 0.529 e. The zero-order chi connectivity index (χ0) is 19.8. The standard InChI is InChI=1S/C7F14O3/c8-1(9)2(10)22-4(13,14)3(11,12)5(15,16)23-7(20,21)24-6(17,18)19. The minimum absolute atomic E-state index is 1.53. The van der Waals surface area contributed by atoms with Gasteiger partial charge < -0.3 is 4.74 Å². The van der Waals surface area contributed by atoms with Gasteiger partial charge in [0.15, 0.2) is 0 Å². The van der Waals surface area contributed by atoms with Crippen LogP contribution in [0.1, 0.15) is 0 Å². The fourth-order valence-corrected chi connectivity index (χ4v) is 0.754. The predicted octanol–water partition coefficient (Wildman–Crippen LogP) is 4.96. The Bertz CT molecular complexity index is 475. The second-order valence-electron chi connectivity index (χ2n) is 3.36. The first kappa shape index (κ1) is 22.5. The van der Waals surface area contributed by atoms with Crippen molar-refractivity contribution in [3.8, 4) is 0 Å². The van der Waals surface area contributed by atoms with Crippen molar-refractivity contribution in [1.82, 2.24) is 0 Å². The zero-order valence-electron chi connectivity index (χ0n) is 10.0. The van der Waals surface area contributed by atoms with E-state index in [4.69, 9.17) is 0 Å². The Morgan fingerprint density at radius 3 is 1.33 bits per heavy atom. The zero-order valence-corrected chi connectivity index (χ0v) is 10.0. The van der Waals surface area contributed by atoms with Crippen molar-refractivity contribution >= 4 is 0 Å². The summed E-state index contributed by atoms with van der Waals surface area (Å²) < 4.78 is 174. The molecule has 0 aromatic heterocycles. The Morgan fingerprint density at radius 1 is 0.583 bits per heavy atom. The van der Waals surface area contributed by atoms with Gasteiger partial charge in [0.2, 0.25) is 0 Å². The van der Waals surface area contributed by atoms with E-state index in [0.29, 0.717) is 0 Å². The molecule has 0 aliphatic rings. The highest BCUT2D eigenvalue weighted by Gasteiger charge is 2.78. The Balaban J connectivity index is 5.54. The molecule has 0 spiro atoms. The minimum atomic E-state index is -7.36. The SMILES string of the molecule is FC(F)=C(F)OC(F)(F)C(F)(F)C(F)(F)OC(F)(F)OC(F)(F)F. The first-order chi connectivity index (χ1) is 10.2. The molecule has 0 atom stereocenters. The highest BCUT2D eigenvalue weighted by Crippen LogP contribution is 2.50. The van der Waals surface area contributed by atoms with E-state index < -0.39 is 42.9 Å². The van der Waals surface area contributed by atoms with Gasteiger partial charge in [0, 0.05) is 0 Å². The maximum Gasteiger partial charge on any atom is 0.529 e. The molecule has 0 bridgehead atoms. The fourth-order valence-electron chi connectivity index (χ4n) is 0.754. The minimum Gasteiger partial charge on any atom is -0.397 e. The molecule has 17 heteroatoms. The lowest BCUT2D eigenvalue weighted by molar-refractivity contribution is -0.563. The summed E-state index contributed by atoms with van der Waals surface area (Å²) in [6, 6.07) is -3.80. The van der Waals surface area contributed by atoms with Crippen LogP contribution in [0, 0.1) is 0 Å². The van der Waals surface area contributed by atoms with Gasteiger partial charge in [-0.25, -0.2) is 4.74 Å². The van der Waals surface area contributed by atoms with Crippen LogP contribution in [0.25, 0.3) is 0 Å². The molecule has 0 rings (SSSR count). The third-order valence-electron chi connectivity index (χ3n) is 1.58. The third kappa shape index (κ3) is 5.53. The summed E-state index contributed by atoms with van der Waals surface area (Å²) in [5.41, 5.74) is 0. The highest BCUT2D eigenvalue weighted by atomic mass is 19.4. The van der Waals surface area contributed by atoms with E-state index in [2.05, 4.69) is 0 Å². The average molecular weight is 398 g/mol. The molecule has 0 radical (unpaired) electrons. The van der Waals surface area contributed by atoms with E-state index in [1.807, 2.05) is 4.74 Å². The Kier molecular flexibility index (Phi) is 6.01. The van der Waals surface area contributed by atoms with E-state index in [0.717, 1.165) is 0 Å². The number of hydrogen-bond acceptors (Lipinski definition) is 3. The lowest BCUT2D eigenvalue weighted by Gasteiger charge is -2.32. The molecule has 0 aliphatic carbocycles. The second kappa shape index (κ2) is 6.41. The van der Waals surface area contributed by atoms with Gasteiger partial charge in [-0.15, -0.1) is 22.0 Å². The lowest BCUT2D eigenvalue weighted by atomic mass is 10.3. The molecule has 0 unspecified atom stereocenters. The van der Waals surface area contributed by atoms with Crippen LogP contribution in [-0.2, 0) is 14.2 Å². The third-order valence-corrected chi connectivity index (χ3v) is 1.58. The van der Waals surface area contributed by atoms with Crippen LogP contribution < -0.4 is 0 Å². The van der Waals surface area contributed by atoms with Gasteiger partial charge in [0.05, 0.1) is 0 Å². The first-order valence-electron chi connectivity index (χ1n) is 4.62. The average Bonchev–Trinajstić information content (AvgIpc) is 2.21. The van der Waals surface area contributed by atoms with Crippen LogP contribution in [0.4, 0.5) is 61.5 Å². The van der Waals surface area contributed by atoms with Gasteiger partial charge in [0.25, 0.3) is 0 Å². The summed E-state index contributed by atoms with van der Waals surface area (Å²) in [4.78, 5) is 0. The molecular weight excluding hydrogens is 398 g/mol. The first-order valence-corrected chi connectivity index (χ1v) is 4.62. The smallest absolute Gasteiger partial charge is 0.397 e. The number of hydrogen-bond donors (Lipinski definition) is 0. The van der Waals surface area contributed by atoms with Crippen LogP contribution in [0.3, 0.4) is 0 Å². The molecule has 3 nitrogen and oxygen atoms in total. The molecule has 144 valence electrons. The van der Waals surface area contributed by atoms with Crippen molar-refractivity contribution in [3.05, 3.63) is 12.1 Å². The van der Waals surface area contributed by atoms with E-state index in [9.17, 15) is 61.5 Å². The molecule has 24 heavy (non-hydrogen) atoms.